The fraction of sp³-hybridized carbons (Fsp3) is 0.261. The number of nitrogens with zero attached hydrogens (tertiary/aromatic N) is 4. The van der Waals surface area contributed by atoms with E-state index >= 15 is 0 Å². The number of nitrogens with one attached hydrogen (secondary N) is 2. The summed E-state index contributed by atoms with van der Waals surface area (Å²) in [7, 11) is 0. The minimum atomic E-state index is -5.08. The Morgan fingerprint density at radius 2 is 1.88 bits per heavy atom. The Morgan fingerprint density at radius 1 is 1.20 bits per heavy atom. The quantitative estimate of drug-likeness (QED) is 0.137. The predicted molar refractivity (Wildman–Crippen MR) is 140 cm³/mol. The molecule has 40 heavy (non-hydrogen) atoms. The predicted octanol–water partition coefficient (Wildman–Crippen LogP) is 5.90. The Bertz CT molecular complexity index is 1570. The van der Waals surface area contributed by atoms with Gasteiger partial charge in [0, 0.05) is 23.1 Å². The number of nitro groups is 1. The van der Waals surface area contributed by atoms with Crippen molar-refractivity contribution >= 4 is 62.3 Å². The van der Waals surface area contributed by atoms with Gasteiger partial charge in [0.15, 0.2) is 0 Å². The molecule has 4 aromatic rings. The Kier molecular flexibility index (Phi) is 8.94. The van der Waals surface area contributed by atoms with Crippen molar-refractivity contribution in [1.82, 2.24) is 20.4 Å². The van der Waals surface area contributed by atoms with Gasteiger partial charge in [-0.1, -0.05) is 22.9 Å². The van der Waals surface area contributed by atoms with Crippen LogP contribution in [0.1, 0.15) is 26.3 Å². The molecule has 0 bridgehead atoms. The van der Waals surface area contributed by atoms with E-state index < -0.39 is 28.6 Å². The topological polar surface area (TPSA) is 173 Å². The largest absolute Gasteiger partial charge is 0.490 e. The molecule has 0 unspecified atom stereocenters. The SMILES string of the molecule is CC(C)(C)OC(=O)Cc1cc(-c2nnc(Nc3ccc4[nH]ncc4c3Cl)s2)cc([N+](=O)[O-])c1.O=C(O)C(F)(F)F. The molecule has 212 valence electrons. The van der Waals surface area contributed by atoms with Crippen LogP contribution in [0.4, 0.5) is 29.7 Å². The number of benzene rings is 2. The molecule has 0 fully saturated rings. The average Bonchev–Trinajstić information content (AvgIpc) is 3.49. The standard InChI is InChI=1S/C21H19ClN6O4S.C2HF3O2/c1-21(2,3)32-17(29)8-11-6-12(9-13(7-11)28(30)31)19-26-27-20(33-19)24-16-5-4-15-14(18(16)22)10-23-25-15;3-2(4,5)1(6)7/h4-7,9-10H,8H2,1-3H3,(H,23,25)(H,24,27);(H,6,7). The van der Waals surface area contributed by atoms with Crippen LogP contribution in [0, 0.1) is 10.1 Å². The van der Waals surface area contributed by atoms with E-state index in [1.54, 1.807) is 39.1 Å². The number of esters is 1. The Balaban J connectivity index is 0.000000559. The number of aliphatic carboxylic acids is 1. The zero-order valence-electron chi connectivity index (χ0n) is 20.9. The number of aromatic nitrogens is 4. The second-order valence-corrected chi connectivity index (χ2v) is 10.4. The normalized spacial score (nSPS) is 11.5. The fourth-order valence-corrected chi connectivity index (χ4v) is 4.14. The number of ether oxygens (including phenoxy) is 1. The van der Waals surface area contributed by atoms with Gasteiger partial charge in [0.2, 0.25) is 5.13 Å². The molecule has 2 aromatic carbocycles. The lowest BCUT2D eigenvalue weighted by Crippen LogP contribution is -2.24. The molecule has 0 saturated carbocycles. The highest BCUT2D eigenvalue weighted by Crippen LogP contribution is 2.35. The van der Waals surface area contributed by atoms with Gasteiger partial charge in [0.05, 0.1) is 33.8 Å². The van der Waals surface area contributed by atoms with Gasteiger partial charge in [-0.25, -0.2) is 4.79 Å². The van der Waals surface area contributed by atoms with Crippen molar-refractivity contribution in [3.05, 3.63) is 57.2 Å². The molecule has 0 radical (unpaired) electrons. The maximum absolute atomic E-state index is 12.2. The Labute approximate surface area is 232 Å². The molecule has 4 rings (SSSR count). The van der Waals surface area contributed by atoms with Crippen LogP contribution in [0.3, 0.4) is 0 Å². The number of non-ortho nitro benzene ring substituents is 1. The minimum Gasteiger partial charge on any atom is -0.475 e. The number of hydrogen-bond acceptors (Lipinski definition) is 10. The molecule has 12 nitrogen and oxygen atoms in total. The third-order valence-electron chi connectivity index (χ3n) is 4.67. The third-order valence-corrected chi connectivity index (χ3v) is 5.97. The first kappa shape index (κ1) is 30.2. The molecule has 0 amide bonds. The van der Waals surface area contributed by atoms with Crippen LogP contribution >= 0.6 is 22.9 Å². The minimum absolute atomic E-state index is 0.101. The Hall–Kier alpha value is -4.31. The summed E-state index contributed by atoms with van der Waals surface area (Å²) in [5.74, 6) is -3.23. The number of rotatable bonds is 6. The molecular weight excluding hydrogens is 581 g/mol. The molecule has 0 atom stereocenters. The molecule has 2 heterocycles. The Morgan fingerprint density at radius 3 is 2.48 bits per heavy atom. The van der Waals surface area contributed by atoms with E-state index in [0.29, 0.717) is 32.0 Å². The second kappa shape index (κ2) is 11.8. The van der Waals surface area contributed by atoms with Crippen LogP contribution in [-0.4, -0.2) is 54.1 Å². The number of carboxylic acid groups (broad SMARTS) is 1. The molecule has 2 aromatic heterocycles. The molecule has 3 N–H and O–H groups in total. The van der Waals surface area contributed by atoms with Crippen molar-refractivity contribution in [2.24, 2.45) is 0 Å². The maximum atomic E-state index is 12.2. The lowest BCUT2D eigenvalue weighted by Gasteiger charge is -2.19. The van der Waals surface area contributed by atoms with Gasteiger partial charge in [0.25, 0.3) is 5.69 Å². The lowest BCUT2D eigenvalue weighted by atomic mass is 10.1. The number of carboxylic acids is 1. The fourth-order valence-electron chi connectivity index (χ4n) is 3.13. The van der Waals surface area contributed by atoms with Gasteiger partial charge in [-0.05, 0) is 44.5 Å². The van der Waals surface area contributed by atoms with Crippen molar-refractivity contribution in [2.75, 3.05) is 5.32 Å². The van der Waals surface area contributed by atoms with Crippen molar-refractivity contribution in [3.63, 3.8) is 0 Å². The van der Waals surface area contributed by atoms with Crippen molar-refractivity contribution in [1.29, 1.82) is 0 Å². The zero-order valence-corrected chi connectivity index (χ0v) is 22.4. The van der Waals surface area contributed by atoms with E-state index in [0.717, 1.165) is 10.9 Å². The summed E-state index contributed by atoms with van der Waals surface area (Å²) in [6, 6.07) is 8.05. The summed E-state index contributed by atoms with van der Waals surface area (Å²) in [5.41, 5.74) is 1.55. The molecule has 0 saturated heterocycles. The summed E-state index contributed by atoms with van der Waals surface area (Å²) in [4.78, 5) is 32.0. The number of alkyl halides is 3. The highest BCUT2D eigenvalue weighted by Gasteiger charge is 2.38. The number of H-pyrrole nitrogens is 1. The maximum Gasteiger partial charge on any atom is 0.490 e. The van der Waals surface area contributed by atoms with E-state index in [2.05, 4.69) is 25.7 Å². The number of carbonyl (C=O) groups excluding carboxylic acids is 1. The van der Waals surface area contributed by atoms with Crippen molar-refractivity contribution < 1.29 is 37.5 Å². The van der Waals surface area contributed by atoms with E-state index in [9.17, 15) is 28.1 Å². The average molecular weight is 601 g/mol. The smallest absolute Gasteiger partial charge is 0.475 e. The molecule has 0 aliphatic heterocycles. The number of carbonyl (C=O) groups is 2. The molecular formula is C23H20ClF3N6O6S. The van der Waals surface area contributed by atoms with E-state index in [-0.39, 0.29) is 12.1 Å². The number of anilines is 2. The summed E-state index contributed by atoms with van der Waals surface area (Å²) in [5, 5.41) is 38.9. The first-order valence-electron chi connectivity index (χ1n) is 11.1. The summed E-state index contributed by atoms with van der Waals surface area (Å²) in [6.45, 7) is 5.28. The van der Waals surface area contributed by atoms with Crippen molar-refractivity contribution in [3.8, 4) is 10.6 Å². The van der Waals surface area contributed by atoms with Gasteiger partial charge in [0.1, 0.15) is 10.6 Å². The summed E-state index contributed by atoms with van der Waals surface area (Å²) in [6.07, 6.45) is -3.56. The van der Waals surface area contributed by atoms with Gasteiger partial charge < -0.3 is 15.2 Å². The van der Waals surface area contributed by atoms with Crippen LogP contribution in [0.2, 0.25) is 5.02 Å². The third kappa shape index (κ3) is 8.09. The lowest BCUT2D eigenvalue weighted by molar-refractivity contribution is -0.384. The molecule has 0 spiro atoms. The van der Waals surface area contributed by atoms with Gasteiger partial charge in [-0.2, -0.15) is 18.3 Å². The van der Waals surface area contributed by atoms with Gasteiger partial charge >= 0.3 is 18.1 Å². The van der Waals surface area contributed by atoms with Gasteiger partial charge in [-0.3, -0.25) is 20.0 Å². The molecule has 0 aliphatic rings. The highest BCUT2D eigenvalue weighted by molar-refractivity contribution is 7.18. The van der Waals surface area contributed by atoms with Crippen LogP contribution in [0.15, 0.2) is 36.5 Å². The number of nitro benzene ring substituents is 1. The van der Waals surface area contributed by atoms with Crippen LogP contribution in [-0.2, 0) is 20.7 Å². The van der Waals surface area contributed by atoms with Crippen molar-refractivity contribution in [2.45, 2.75) is 39.0 Å². The van der Waals surface area contributed by atoms with Crippen LogP contribution in [0.5, 0.6) is 0 Å². The zero-order chi connectivity index (χ0) is 29.8. The van der Waals surface area contributed by atoms with Crippen LogP contribution < -0.4 is 5.32 Å². The number of fused-ring (bicyclic) bond motifs is 1. The van der Waals surface area contributed by atoms with E-state index in [4.69, 9.17) is 26.2 Å². The first-order valence-corrected chi connectivity index (χ1v) is 12.3. The molecule has 0 aliphatic carbocycles. The number of hydrogen-bond donors (Lipinski definition) is 3. The number of halogens is 4. The first-order chi connectivity index (χ1) is 18.5. The molecule has 17 heteroatoms. The second-order valence-electron chi connectivity index (χ2n) is 9.01. The summed E-state index contributed by atoms with van der Waals surface area (Å²) < 4.78 is 37.1. The number of aromatic amines is 1. The van der Waals surface area contributed by atoms with E-state index in [1.807, 2.05) is 6.07 Å². The van der Waals surface area contributed by atoms with Gasteiger partial charge in [-0.15, -0.1) is 10.2 Å². The summed E-state index contributed by atoms with van der Waals surface area (Å²) >= 11 is 7.64. The highest BCUT2D eigenvalue weighted by atomic mass is 35.5. The monoisotopic (exact) mass is 600 g/mol. The van der Waals surface area contributed by atoms with E-state index in [1.165, 1.54) is 23.5 Å². The van der Waals surface area contributed by atoms with Crippen LogP contribution in [0.25, 0.3) is 21.5 Å².